The van der Waals surface area contributed by atoms with Gasteiger partial charge in [-0.3, -0.25) is 4.79 Å². The summed E-state index contributed by atoms with van der Waals surface area (Å²) in [4.78, 5) is 13.0. The molecule has 4 heteroatoms. The second kappa shape index (κ2) is 4.94. The first-order valence-corrected chi connectivity index (χ1v) is 9.01. The predicted molar refractivity (Wildman–Crippen MR) is 85.5 cm³/mol. The number of hydrogen-bond donors (Lipinski definition) is 2. The van der Waals surface area contributed by atoms with Crippen molar-refractivity contribution in [2.45, 2.75) is 58.5 Å². The Morgan fingerprint density at radius 3 is 2.50 bits per heavy atom. The van der Waals surface area contributed by atoms with Crippen LogP contribution >= 0.6 is 0 Å². The van der Waals surface area contributed by atoms with Gasteiger partial charge in [0, 0.05) is 19.6 Å². The molecule has 1 aliphatic heterocycles. The average Bonchev–Trinajstić information content (AvgIpc) is 2.42. The largest absolute Gasteiger partial charge is 0.374 e. The minimum Gasteiger partial charge on any atom is -0.374 e. The number of amides is 1. The van der Waals surface area contributed by atoms with E-state index in [-0.39, 0.29) is 11.5 Å². The van der Waals surface area contributed by atoms with Crippen molar-refractivity contribution in [2.75, 3.05) is 26.2 Å². The molecule has 4 bridgehead atoms. The third kappa shape index (κ3) is 2.48. The molecule has 0 radical (unpaired) electrons. The fourth-order valence-electron chi connectivity index (χ4n) is 6.85. The topological polar surface area (TPSA) is 50.4 Å². The Hall–Kier alpha value is -0.610. The SMILES string of the molecule is CC12CC3CC(C)(C1)CC(C(=O)NCC1CNCCO1)(C3)C2. The first-order chi connectivity index (χ1) is 10.4. The van der Waals surface area contributed by atoms with Gasteiger partial charge in [-0.25, -0.2) is 0 Å². The molecule has 0 aromatic heterocycles. The quantitative estimate of drug-likeness (QED) is 0.839. The van der Waals surface area contributed by atoms with Crippen LogP contribution in [0.4, 0.5) is 0 Å². The van der Waals surface area contributed by atoms with Crippen LogP contribution in [-0.2, 0) is 9.53 Å². The van der Waals surface area contributed by atoms with Gasteiger partial charge in [-0.15, -0.1) is 0 Å². The van der Waals surface area contributed by atoms with Crippen molar-refractivity contribution in [3.8, 4) is 0 Å². The molecular formula is C18H30N2O2. The molecule has 5 aliphatic rings. The molecule has 0 spiro atoms. The molecule has 1 heterocycles. The van der Waals surface area contributed by atoms with Crippen LogP contribution in [0, 0.1) is 22.2 Å². The molecule has 3 unspecified atom stereocenters. The van der Waals surface area contributed by atoms with Gasteiger partial charge in [0.1, 0.15) is 0 Å². The highest BCUT2D eigenvalue weighted by Gasteiger charge is 2.62. The summed E-state index contributed by atoms with van der Waals surface area (Å²) in [6.07, 6.45) is 7.46. The summed E-state index contributed by atoms with van der Waals surface area (Å²) < 4.78 is 5.71. The summed E-state index contributed by atoms with van der Waals surface area (Å²) in [5, 5.41) is 6.57. The highest BCUT2D eigenvalue weighted by Crippen LogP contribution is 2.69. The van der Waals surface area contributed by atoms with E-state index in [9.17, 15) is 4.79 Å². The zero-order valence-corrected chi connectivity index (χ0v) is 14.0. The summed E-state index contributed by atoms with van der Waals surface area (Å²) in [6, 6.07) is 0. The number of carbonyl (C=O) groups is 1. The minimum absolute atomic E-state index is 0.0922. The fraction of sp³-hybridized carbons (Fsp3) is 0.944. The normalized spacial score (nSPS) is 50.1. The molecule has 2 N–H and O–H groups in total. The average molecular weight is 306 g/mol. The lowest BCUT2D eigenvalue weighted by Crippen LogP contribution is -2.60. The van der Waals surface area contributed by atoms with Crippen molar-refractivity contribution < 1.29 is 9.53 Å². The van der Waals surface area contributed by atoms with Crippen molar-refractivity contribution in [1.29, 1.82) is 0 Å². The number of rotatable bonds is 3. The molecule has 1 saturated heterocycles. The van der Waals surface area contributed by atoms with Gasteiger partial charge in [0.2, 0.25) is 5.91 Å². The maximum Gasteiger partial charge on any atom is 0.226 e. The number of nitrogens with one attached hydrogen (secondary N) is 2. The minimum atomic E-state index is -0.0922. The molecular weight excluding hydrogens is 276 g/mol. The molecule has 4 saturated carbocycles. The maximum atomic E-state index is 13.0. The summed E-state index contributed by atoms with van der Waals surface area (Å²) in [5.41, 5.74) is 0.702. The zero-order chi connectivity index (χ0) is 15.4. The van der Waals surface area contributed by atoms with Crippen LogP contribution in [0.15, 0.2) is 0 Å². The van der Waals surface area contributed by atoms with Gasteiger partial charge in [0.25, 0.3) is 0 Å². The highest BCUT2D eigenvalue weighted by atomic mass is 16.5. The number of carbonyl (C=O) groups excluding carboxylic acids is 1. The van der Waals surface area contributed by atoms with E-state index in [1.807, 2.05) is 0 Å². The first-order valence-electron chi connectivity index (χ1n) is 9.01. The molecule has 5 rings (SSSR count). The molecule has 22 heavy (non-hydrogen) atoms. The van der Waals surface area contributed by atoms with Gasteiger partial charge in [0.15, 0.2) is 0 Å². The lowest BCUT2D eigenvalue weighted by atomic mass is 9.40. The summed E-state index contributed by atoms with van der Waals surface area (Å²) in [5.74, 6) is 1.08. The van der Waals surface area contributed by atoms with Crippen LogP contribution < -0.4 is 10.6 Å². The predicted octanol–water partition coefficient (Wildman–Crippen LogP) is 2.09. The van der Waals surface area contributed by atoms with Gasteiger partial charge in [-0.1, -0.05) is 13.8 Å². The third-order valence-electron chi connectivity index (χ3n) is 6.60. The number of morpholine rings is 1. The van der Waals surface area contributed by atoms with E-state index >= 15 is 0 Å². The van der Waals surface area contributed by atoms with Gasteiger partial charge >= 0.3 is 0 Å². The lowest BCUT2D eigenvalue weighted by molar-refractivity contribution is -0.170. The number of ether oxygens (including phenoxy) is 1. The van der Waals surface area contributed by atoms with E-state index in [1.54, 1.807) is 0 Å². The van der Waals surface area contributed by atoms with E-state index in [2.05, 4.69) is 24.5 Å². The Balaban J connectivity index is 1.45. The van der Waals surface area contributed by atoms with E-state index in [0.29, 0.717) is 23.3 Å². The lowest BCUT2D eigenvalue weighted by Gasteiger charge is -2.64. The second-order valence-corrected chi connectivity index (χ2v) is 9.32. The zero-order valence-electron chi connectivity index (χ0n) is 14.0. The molecule has 4 aliphatic carbocycles. The van der Waals surface area contributed by atoms with Crippen molar-refractivity contribution in [2.24, 2.45) is 22.2 Å². The van der Waals surface area contributed by atoms with Gasteiger partial charge in [0.05, 0.1) is 18.1 Å². The highest BCUT2D eigenvalue weighted by molar-refractivity contribution is 5.83. The monoisotopic (exact) mass is 306 g/mol. The first kappa shape index (κ1) is 14.9. The Bertz CT molecular complexity index is 454. The van der Waals surface area contributed by atoms with Crippen LogP contribution in [0.3, 0.4) is 0 Å². The van der Waals surface area contributed by atoms with Gasteiger partial charge in [-0.05, 0) is 55.3 Å². The molecule has 0 aromatic rings. The van der Waals surface area contributed by atoms with Crippen LogP contribution in [0.1, 0.15) is 52.4 Å². The Morgan fingerprint density at radius 2 is 1.91 bits per heavy atom. The summed E-state index contributed by atoms with van der Waals surface area (Å²) in [7, 11) is 0. The molecule has 5 fully saturated rings. The van der Waals surface area contributed by atoms with Crippen LogP contribution in [0.5, 0.6) is 0 Å². The van der Waals surface area contributed by atoms with Crippen molar-refractivity contribution in [3.63, 3.8) is 0 Å². The van der Waals surface area contributed by atoms with Crippen LogP contribution in [-0.4, -0.2) is 38.3 Å². The van der Waals surface area contributed by atoms with Crippen LogP contribution in [0.2, 0.25) is 0 Å². The molecule has 1 amide bonds. The maximum absolute atomic E-state index is 13.0. The van der Waals surface area contributed by atoms with Gasteiger partial charge < -0.3 is 15.4 Å². The van der Waals surface area contributed by atoms with E-state index in [0.717, 1.165) is 44.9 Å². The Morgan fingerprint density at radius 1 is 1.18 bits per heavy atom. The summed E-state index contributed by atoms with van der Waals surface area (Å²) >= 11 is 0. The second-order valence-electron chi connectivity index (χ2n) is 9.32. The molecule has 124 valence electrons. The molecule has 3 atom stereocenters. The molecule has 4 nitrogen and oxygen atoms in total. The standard InChI is InChI=1S/C18H30N2O2/c1-16-5-13-6-17(2,10-16)12-18(7-13,11-16)15(21)20-9-14-8-19-3-4-22-14/h13-14,19H,3-12H2,1-2H3,(H,20,21). The van der Waals surface area contributed by atoms with Crippen molar-refractivity contribution in [3.05, 3.63) is 0 Å². The Kier molecular flexibility index (Phi) is 3.36. The number of hydrogen-bond acceptors (Lipinski definition) is 3. The van der Waals surface area contributed by atoms with Gasteiger partial charge in [-0.2, -0.15) is 0 Å². The van der Waals surface area contributed by atoms with Crippen molar-refractivity contribution >= 4 is 5.91 Å². The molecule has 0 aromatic carbocycles. The summed E-state index contributed by atoms with van der Waals surface area (Å²) in [6.45, 7) is 8.03. The van der Waals surface area contributed by atoms with E-state index < -0.39 is 0 Å². The van der Waals surface area contributed by atoms with Crippen LogP contribution in [0.25, 0.3) is 0 Å². The van der Waals surface area contributed by atoms with E-state index in [1.165, 1.54) is 19.3 Å². The van der Waals surface area contributed by atoms with E-state index in [4.69, 9.17) is 4.74 Å². The fourth-order valence-corrected chi connectivity index (χ4v) is 6.85. The Labute approximate surface area is 133 Å². The van der Waals surface area contributed by atoms with Crippen molar-refractivity contribution in [1.82, 2.24) is 10.6 Å². The third-order valence-corrected chi connectivity index (χ3v) is 6.60. The smallest absolute Gasteiger partial charge is 0.226 e.